The molecule has 1 aromatic heterocycles. The first kappa shape index (κ1) is 13.4. The second-order valence-corrected chi connectivity index (χ2v) is 4.95. The predicted molar refractivity (Wildman–Crippen MR) is 83.7 cm³/mol. The summed E-state index contributed by atoms with van der Waals surface area (Å²) < 4.78 is 18.7. The summed E-state index contributed by atoms with van der Waals surface area (Å²) >= 11 is 0. The first-order valence-electron chi connectivity index (χ1n) is 6.64. The topological polar surface area (TPSA) is 29.3 Å². The number of anilines is 1. The zero-order valence-corrected chi connectivity index (χ0v) is 11.9. The van der Waals surface area contributed by atoms with E-state index in [9.17, 15) is 4.39 Å². The molecule has 3 rings (SSSR count). The summed E-state index contributed by atoms with van der Waals surface area (Å²) in [4.78, 5) is 6.30. The van der Waals surface area contributed by atoms with Gasteiger partial charge in [0.05, 0.1) is 0 Å². The van der Waals surface area contributed by atoms with Crippen LogP contribution in [-0.4, -0.2) is 19.1 Å². The van der Waals surface area contributed by atoms with Crippen LogP contribution < -0.4 is 4.90 Å². The Labute approximate surface area is 122 Å². The molecule has 0 saturated carbocycles. The van der Waals surface area contributed by atoms with E-state index in [1.807, 2.05) is 49.3 Å². The van der Waals surface area contributed by atoms with Gasteiger partial charge in [-0.3, -0.25) is 0 Å². The van der Waals surface area contributed by atoms with Gasteiger partial charge in [-0.2, -0.15) is 0 Å². The molecule has 0 atom stereocenters. The van der Waals surface area contributed by atoms with Gasteiger partial charge in [-0.15, -0.1) is 0 Å². The smallest absolute Gasteiger partial charge is 0.220 e. The Hall–Kier alpha value is -2.62. The molecule has 0 radical (unpaired) electrons. The van der Waals surface area contributed by atoms with Crippen molar-refractivity contribution in [3.63, 3.8) is 0 Å². The van der Waals surface area contributed by atoms with E-state index in [2.05, 4.69) is 4.98 Å². The minimum absolute atomic E-state index is 0.315. The first-order chi connectivity index (χ1) is 10.1. The number of para-hydroxylation sites is 1. The highest BCUT2D eigenvalue weighted by molar-refractivity contribution is 5.78. The average molecular weight is 282 g/mol. The number of hydrogen-bond acceptors (Lipinski definition) is 3. The number of fused-ring (bicyclic) bond motifs is 1. The van der Waals surface area contributed by atoms with Crippen LogP contribution in [0.1, 0.15) is 11.5 Å². The number of halogens is 1. The van der Waals surface area contributed by atoms with Gasteiger partial charge in [0.25, 0.3) is 0 Å². The first-order valence-corrected chi connectivity index (χ1v) is 6.64. The van der Waals surface area contributed by atoms with Crippen molar-refractivity contribution in [2.24, 2.45) is 0 Å². The molecule has 0 amide bonds. The van der Waals surface area contributed by atoms with Gasteiger partial charge in [-0.05, 0) is 29.8 Å². The number of rotatable bonds is 3. The average Bonchev–Trinajstić information content (AvgIpc) is 2.87. The minimum Gasteiger partial charge on any atom is -0.437 e. The van der Waals surface area contributed by atoms with Gasteiger partial charge in [-0.1, -0.05) is 18.2 Å². The minimum atomic E-state index is -0.315. The maximum atomic E-state index is 13.1. The zero-order chi connectivity index (χ0) is 14.8. The molecule has 0 unspecified atom stereocenters. The highest BCUT2D eigenvalue weighted by atomic mass is 19.1. The van der Waals surface area contributed by atoms with Crippen molar-refractivity contribution in [2.75, 3.05) is 19.0 Å². The molecule has 3 aromatic rings. The molecule has 0 aliphatic carbocycles. The third-order valence-corrected chi connectivity index (χ3v) is 3.19. The van der Waals surface area contributed by atoms with Gasteiger partial charge in [0.2, 0.25) is 5.89 Å². The van der Waals surface area contributed by atoms with Crippen molar-refractivity contribution in [1.29, 1.82) is 0 Å². The fraction of sp³-hybridized carbons (Fsp3) is 0.118. The second kappa shape index (κ2) is 5.40. The van der Waals surface area contributed by atoms with Gasteiger partial charge in [0.15, 0.2) is 5.58 Å². The van der Waals surface area contributed by atoms with Crippen LogP contribution in [0.3, 0.4) is 0 Å². The fourth-order valence-corrected chi connectivity index (χ4v) is 2.19. The molecule has 0 bridgehead atoms. The Balaban J connectivity index is 1.94. The molecule has 1 heterocycles. The van der Waals surface area contributed by atoms with E-state index in [1.54, 1.807) is 12.1 Å². The van der Waals surface area contributed by atoms with E-state index in [0.717, 1.165) is 11.3 Å². The Bertz CT molecular complexity index is 805. The zero-order valence-electron chi connectivity index (χ0n) is 11.9. The summed E-state index contributed by atoms with van der Waals surface area (Å²) in [6.45, 7) is 0. The van der Waals surface area contributed by atoms with Gasteiger partial charge in [0, 0.05) is 31.9 Å². The van der Waals surface area contributed by atoms with Crippen LogP contribution in [0.2, 0.25) is 0 Å². The molecule has 2 aromatic carbocycles. The molecule has 21 heavy (non-hydrogen) atoms. The van der Waals surface area contributed by atoms with Gasteiger partial charge in [0.1, 0.15) is 11.3 Å². The highest BCUT2D eigenvalue weighted by Gasteiger charge is 2.05. The van der Waals surface area contributed by atoms with Crippen LogP contribution in [0.5, 0.6) is 0 Å². The normalized spacial score (nSPS) is 11.4. The van der Waals surface area contributed by atoms with E-state index < -0.39 is 0 Å². The lowest BCUT2D eigenvalue weighted by Gasteiger charge is -2.14. The summed E-state index contributed by atoms with van der Waals surface area (Å²) in [5.74, 6) is 0.147. The van der Waals surface area contributed by atoms with Crippen molar-refractivity contribution in [3.05, 3.63) is 59.7 Å². The van der Waals surface area contributed by atoms with E-state index in [4.69, 9.17) is 4.42 Å². The van der Waals surface area contributed by atoms with Crippen LogP contribution in [0, 0.1) is 5.82 Å². The number of hydrogen-bond donors (Lipinski definition) is 0. The van der Waals surface area contributed by atoms with E-state index in [1.165, 1.54) is 12.1 Å². The SMILES string of the molecule is CN(C)c1ccccc1/C=C/c1nc2cc(F)ccc2o1. The summed E-state index contributed by atoms with van der Waals surface area (Å²) in [6, 6.07) is 12.4. The molecule has 0 aliphatic rings. The number of benzene rings is 2. The van der Waals surface area contributed by atoms with Crippen molar-refractivity contribution in [3.8, 4) is 0 Å². The standard InChI is InChI=1S/C17H15FN2O/c1-20(2)15-6-4-3-5-12(15)7-10-17-19-14-11-13(18)8-9-16(14)21-17/h3-11H,1-2H3/b10-7+. The second-order valence-electron chi connectivity index (χ2n) is 4.95. The van der Waals surface area contributed by atoms with Gasteiger partial charge in [-0.25, -0.2) is 9.37 Å². The lowest BCUT2D eigenvalue weighted by molar-refractivity contribution is 0.588. The number of oxazole rings is 1. The monoisotopic (exact) mass is 282 g/mol. The van der Waals surface area contributed by atoms with Crippen molar-refractivity contribution < 1.29 is 8.81 Å². The lowest BCUT2D eigenvalue weighted by atomic mass is 10.1. The maximum absolute atomic E-state index is 13.1. The maximum Gasteiger partial charge on any atom is 0.220 e. The molecule has 4 heteroatoms. The van der Waals surface area contributed by atoms with Crippen LogP contribution in [-0.2, 0) is 0 Å². The van der Waals surface area contributed by atoms with Crippen molar-refractivity contribution >= 4 is 28.9 Å². The van der Waals surface area contributed by atoms with Crippen molar-refractivity contribution in [2.45, 2.75) is 0 Å². The Morgan fingerprint density at radius 1 is 1.10 bits per heavy atom. The predicted octanol–water partition coefficient (Wildman–Crippen LogP) is 4.20. The summed E-state index contributed by atoms with van der Waals surface area (Å²) in [5, 5.41) is 0. The van der Waals surface area contributed by atoms with E-state index in [0.29, 0.717) is 17.0 Å². The number of nitrogens with zero attached hydrogens (tertiary/aromatic N) is 2. The van der Waals surface area contributed by atoms with E-state index >= 15 is 0 Å². The van der Waals surface area contributed by atoms with Crippen LogP contribution >= 0.6 is 0 Å². The Kier molecular flexibility index (Phi) is 3.44. The quantitative estimate of drug-likeness (QED) is 0.721. The third kappa shape index (κ3) is 2.79. The molecule has 0 N–H and O–H groups in total. The molecular weight excluding hydrogens is 267 g/mol. The van der Waals surface area contributed by atoms with Crippen LogP contribution in [0.15, 0.2) is 46.9 Å². The Morgan fingerprint density at radius 2 is 1.90 bits per heavy atom. The van der Waals surface area contributed by atoms with Crippen LogP contribution in [0.25, 0.3) is 23.3 Å². The van der Waals surface area contributed by atoms with Crippen molar-refractivity contribution in [1.82, 2.24) is 4.98 Å². The molecule has 106 valence electrons. The van der Waals surface area contributed by atoms with E-state index in [-0.39, 0.29) is 5.82 Å². The third-order valence-electron chi connectivity index (χ3n) is 3.19. The molecule has 3 nitrogen and oxygen atoms in total. The summed E-state index contributed by atoms with van der Waals surface area (Å²) in [6.07, 6.45) is 3.73. The molecular formula is C17H15FN2O. The molecule has 0 spiro atoms. The van der Waals surface area contributed by atoms with Gasteiger partial charge >= 0.3 is 0 Å². The van der Waals surface area contributed by atoms with Gasteiger partial charge < -0.3 is 9.32 Å². The summed E-state index contributed by atoms with van der Waals surface area (Å²) in [5.41, 5.74) is 3.28. The molecule has 0 fully saturated rings. The Morgan fingerprint density at radius 3 is 2.71 bits per heavy atom. The largest absolute Gasteiger partial charge is 0.437 e. The summed E-state index contributed by atoms with van der Waals surface area (Å²) in [7, 11) is 3.99. The number of aromatic nitrogens is 1. The van der Waals surface area contributed by atoms with Crippen LogP contribution in [0.4, 0.5) is 10.1 Å². The highest BCUT2D eigenvalue weighted by Crippen LogP contribution is 2.22. The molecule has 0 saturated heterocycles. The lowest BCUT2D eigenvalue weighted by Crippen LogP contribution is -2.09. The molecule has 0 aliphatic heterocycles. The fourth-order valence-electron chi connectivity index (χ4n) is 2.19.